The number of rotatable bonds is 4. The maximum Gasteiger partial charge on any atom is 0.253 e. The summed E-state index contributed by atoms with van der Waals surface area (Å²) in [6, 6.07) is 4.86. The molecule has 6 heteroatoms. The van der Waals surface area contributed by atoms with Crippen LogP contribution in [0.25, 0.3) is 0 Å². The van der Waals surface area contributed by atoms with Crippen LogP contribution in [0.3, 0.4) is 0 Å². The van der Waals surface area contributed by atoms with E-state index in [-0.39, 0.29) is 12.0 Å². The lowest BCUT2D eigenvalue weighted by Gasteiger charge is -2.32. The number of amides is 1. The lowest BCUT2D eigenvalue weighted by molar-refractivity contribution is -0.0246. The van der Waals surface area contributed by atoms with E-state index in [9.17, 15) is 4.79 Å². The van der Waals surface area contributed by atoms with E-state index in [2.05, 4.69) is 17.1 Å². The number of carbonyl (C=O) groups excluding carboxylic acids is 1. The van der Waals surface area contributed by atoms with Crippen LogP contribution in [-0.2, 0) is 4.74 Å². The van der Waals surface area contributed by atoms with Crippen molar-refractivity contribution in [1.29, 1.82) is 0 Å². The van der Waals surface area contributed by atoms with Gasteiger partial charge in [-0.1, -0.05) is 18.5 Å². The summed E-state index contributed by atoms with van der Waals surface area (Å²) in [5.41, 5.74) is 6.62. The average molecular weight is 298 g/mol. The lowest BCUT2D eigenvalue weighted by Crippen LogP contribution is -2.47. The van der Waals surface area contributed by atoms with Crippen LogP contribution in [0.5, 0.6) is 0 Å². The van der Waals surface area contributed by atoms with E-state index in [1.807, 2.05) is 0 Å². The van der Waals surface area contributed by atoms with E-state index in [0.717, 1.165) is 19.6 Å². The highest BCUT2D eigenvalue weighted by Gasteiger charge is 2.20. The maximum atomic E-state index is 12.1. The zero-order valence-electron chi connectivity index (χ0n) is 11.6. The SMILES string of the molecule is CCN1CCOC(CNC(=O)c2ccc(Cl)cc2N)C1. The van der Waals surface area contributed by atoms with Crippen molar-refractivity contribution in [1.82, 2.24) is 10.2 Å². The van der Waals surface area contributed by atoms with Crippen molar-refractivity contribution in [3.8, 4) is 0 Å². The van der Waals surface area contributed by atoms with Gasteiger partial charge in [0.1, 0.15) is 0 Å². The second-order valence-corrected chi connectivity index (χ2v) is 5.26. The Kier molecular flexibility index (Phi) is 5.23. The van der Waals surface area contributed by atoms with E-state index in [4.69, 9.17) is 22.1 Å². The summed E-state index contributed by atoms with van der Waals surface area (Å²) in [5, 5.41) is 3.38. The molecular formula is C14H20ClN3O2. The number of nitrogens with zero attached hydrogens (tertiary/aromatic N) is 1. The van der Waals surface area contributed by atoms with Crippen LogP contribution in [0.4, 0.5) is 5.69 Å². The van der Waals surface area contributed by atoms with E-state index >= 15 is 0 Å². The molecule has 3 N–H and O–H groups in total. The van der Waals surface area contributed by atoms with E-state index in [1.54, 1.807) is 18.2 Å². The first-order chi connectivity index (χ1) is 9.60. The number of nitrogen functional groups attached to an aromatic ring is 1. The van der Waals surface area contributed by atoms with Crippen LogP contribution in [0.2, 0.25) is 5.02 Å². The molecule has 5 nitrogen and oxygen atoms in total. The summed E-state index contributed by atoms with van der Waals surface area (Å²) in [6.45, 7) is 6.10. The molecule has 0 bridgehead atoms. The molecule has 1 fully saturated rings. The van der Waals surface area contributed by atoms with Gasteiger partial charge in [-0.2, -0.15) is 0 Å². The van der Waals surface area contributed by atoms with Crippen molar-refractivity contribution in [2.24, 2.45) is 0 Å². The highest BCUT2D eigenvalue weighted by Crippen LogP contribution is 2.17. The average Bonchev–Trinajstić information content (AvgIpc) is 2.45. The molecule has 1 aliphatic heterocycles. The van der Waals surface area contributed by atoms with E-state index in [0.29, 0.717) is 29.4 Å². The lowest BCUT2D eigenvalue weighted by atomic mass is 10.1. The molecule has 1 aromatic rings. The third-order valence-corrected chi connectivity index (χ3v) is 3.65. The number of nitrogens with two attached hydrogens (primary N) is 1. The van der Waals surface area contributed by atoms with Crippen LogP contribution in [0, 0.1) is 0 Å². The molecule has 0 aliphatic carbocycles. The minimum atomic E-state index is -0.198. The molecule has 2 rings (SSSR count). The Morgan fingerprint density at radius 3 is 3.10 bits per heavy atom. The van der Waals surface area contributed by atoms with Crippen molar-refractivity contribution < 1.29 is 9.53 Å². The molecule has 1 aliphatic rings. The smallest absolute Gasteiger partial charge is 0.253 e. The van der Waals surface area contributed by atoms with Crippen LogP contribution < -0.4 is 11.1 Å². The van der Waals surface area contributed by atoms with E-state index < -0.39 is 0 Å². The summed E-state index contributed by atoms with van der Waals surface area (Å²) in [5.74, 6) is -0.198. The van der Waals surface area contributed by atoms with Gasteiger partial charge in [0.15, 0.2) is 0 Å². The predicted molar refractivity (Wildman–Crippen MR) is 80.1 cm³/mol. The topological polar surface area (TPSA) is 67.6 Å². The normalized spacial score (nSPS) is 19.8. The van der Waals surface area contributed by atoms with Gasteiger partial charge in [0, 0.05) is 30.3 Å². The number of anilines is 1. The first kappa shape index (κ1) is 15.1. The second-order valence-electron chi connectivity index (χ2n) is 4.83. The van der Waals surface area contributed by atoms with Crippen molar-refractivity contribution in [2.45, 2.75) is 13.0 Å². The molecular weight excluding hydrogens is 278 g/mol. The molecule has 20 heavy (non-hydrogen) atoms. The molecule has 1 amide bonds. The molecule has 110 valence electrons. The van der Waals surface area contributed by atoms with Gasteiger partial charge >= 0.3 is 0 Å². The van der Waals surface area contributed by atoms with Crippen molar-refractivity contribution in [2.75, 3.05) is 38.5 Å². The summed E-state index contributed by atoms with van der Waals surface area (Å²) < 4.78 is 5.64. The molecule has 0 radical (unpaired) electrons. The minimum Gasteiger partial charge on any atom is -0.398 e. The number of benzene rings is 1. The van der Waals surface area contributed by atoms with Gasteiger partial charge < -0.3 is 15.8 Å². The number of carbonyl (C=O) groups is 1. The maximum absolute atomic E-state index is 12.1. The highest BCUT2D eigenvalue weighted by atomic mass is 35.5. The number of nitrogens with one attached hydrogen (secondary N) is 1. The van der Waals surface area contributed by atoms with Gasteiger partial charge in [0.25, 0.3) is 5.91 Å². The Hall–Kier alpha value is -1.30. The highest BCUT2D eigenvalue weighted by molar-refractivity contribution is 6.31. The van der Waals surface area contributed by atoms with Gasteiger partial charge in [-0.05, 0) is 24.7 Å². The molecule has 1 aromatic carbocycles. The molecule has 1 saturated heterocycles. The molecule has 1 unspecified atom stereocenters. The molecule has 1 atom stereocenters. The number of hydrogen-bond acceptors (Lipinski definition) is 4. The summed E-state index contributed by atoms with van der Waals surface area (Å²) >= 11 is 5.82. The van der Waals surface area contributed by atoms with Gasteiger partial charge in [-0.3, -0.25) is 9.69 Å². The standard InChI is InChI=1S/C14H20ClN3O2/c1-2-18-5-6-20-11(9-18)8-17-14(19)12-4-3-10(15)7-13(12)16/h3-4,7,11H,2,5-6,8-9,16H2,1H3,(H,17,19). The zero-order chi connectivity index (χ0) is 14.5. The molecule has 0 spiro atoms. The Balaban J connectivity index is 1.88. The largest absolute Gasteiger partial charge is 0.398 e. The number of likely N-dealkylation sites (N-methyl/N-ethyl adjacent to an activating group) is 1. The fourth-order valence-electron chi connectivity index (χ4n) is 2.23. The Morgan fingerprint density at radius 1 is 1.60 bits per heavy atom. The van der Waals surface area contributed by atoms with Crippen molar-refractivity contribution >= 4 is 23.2 Å². The Bertz CT molecular complexity index is 481. The van der Waals surface area contributed by atoms with Gasteiger partial charge in [0.2, 0.25) is 0 Å². The number of halogens is 1. The first-order valence-corrected chi connectivity index (χ1v) is 7.15. The quantitative estimate of drug-likeness (QED) is 0.824. The summed E-state index contributed by atoms with van der Waals surface area (Å²) in [7, 11) is 0. The zero-order valence-corrected chi connectivity index (χ0v) is 12.3. The van der Waals surface area contributed by atoms with Crippen molar-refractivity contribution in [3.05, 3.63) is 28.8 Å². The first-order valence-electron chi connectivity index (χ1n) is 6.77. The van der Waals surface area contributed by atoms with Crippen LogP contribution >= 0.6 is 11.6 Å². The Labute approximate surface area is 124 Å². The molecule has 0 aromatic heterocycles. The van der Waals surface area contributed by atoms with E-state index in [1.165, 1.54) is 0 Å². The third-order valence-electron chi connectivity index (χ3n) is 3.42. The molecule has 1 heterocycles. The van der Waals surface area contributed by atoms with Crippen molar-refractivity contribution in [3.63, 3.8) is 0 Å². The fourth-order valence-corrected chi connectivity index (χ4v) is 2.41. The van der Waals surface area contributed by atoms with Crippen LogP contribution in [0.15, 0.2) is 18.2 Å². The number of ether oxygens (including phenoxy) is 1. The van der Waals surface area contributed by atoms with Gasteiger partial charge in [-0.25, -0.2) is 0 Å². The molecule has 0 saturated carbocycles. The van der Waals surface area contributed by atoms with Gasteiger partial charge in [0.05, 0.1) is 18.3 Å². The van der Waals surface area contributed by atoms with Gasteiger partial charge in [-0.15, -0.1) is 0 Å². The third kappa shape index (κ3) is 3.85. The fraction of sp³-hybridized carbons (Fsp3) is 0.500. The summed E-state index contributed by atoms with van der Waals surface area (Å²) in [4.78, 5) is 14.4. The Morgan fingerprint density at radius 2 is 2.40 bits per heavy atom. The monoisotopic (exact) mass is 297 g/mol. The van der Waals surface area contributed by atoms with Crippen LogP contribution in [-0.4, -0.2) is 49.7 Å². The summed E-state index contributed by atoms with van der Waals surface area (Å²) in [6.07, 6.45) is 0.0289. The predicted octanol–water partition coefficient (Wildman–Crippen LogP) is 1.37. The minimum absolute atomic E-state index is 0.0289. The van der Waals surface area contributed by atoms with Crippen LogP contribution in [0.1, 0.15) is 17.3 Å². The number of hydrogen-bond donors (Lipinski definition) is 2. The second kappa shape index (κ2) is 6.92. The number of morpholine rings is 1.